The standard InChI is InChI=1S/C14H27N3/c1-5-7-12(3)11-14(15-9-6-2)13-8-10-17(4)16-13/h8,10,12,14-15H,5-7,9,11H2,1-4H3. The molecule has 0 saturated heterocycles. The van der Waals surface area contributed by atoms with Gasteiger partial charge in [0.25, 0.3) is 0 Å². The Morgan fingerprint density at radius 1 is 1.35 bits per heavy atom. The zero-order chi connectivity index (χ0) is 12.7. The third-order valence-electron chi connectivity index (χ3n) is 3.15. The molecule has 3 heteroatoms. The van der Waals surface area contributed by atoms with Crippen LogP contribution in [0.2, 0.25) is 0 Å². The zero-order valence-electron chi connectivity index (χ0n) is 11.7. The molecule has 3 nitrogen and oxygen atoms in total. The van der Waals surface area contributed by atoms with Crippen molar-refractivity contribution >= 4 is 0 Å². The fourth-order valence-electron chi connectivity index (χ4n) is 2.26. The van der Waals surface area contributed by atoms with Crippen LogP contribution in [0.5, 0.6) is 0 Å². The molecule has 2 unspecified atom stereocenters. The van der Waals surface area contributed by atoms with E-state index in [0.717, 1.165) is 12.5 Å². The molecule has 0 fully saturated rings. The van der Waals surface area contributed by atoms with Crippen molar-refractivity contribution in [3.8, 4) is 0 Å². The molecule has 98 valence electrons. The molecule has 0 aliphatic heterocycles. The molecule has 1 heterocycles. The molecule has 0 bridgehead atoms. The summed E-state index contributed by atoms with van der Waals surface area (Å²) in [6.07, 6.45) is 6.96. The highest BCUT2D eigenvalue weighted by Gasteiger charge is 2.16. The number of rotatable bonds is 8. The van der Waals surface area contributed by atoms with Crippen LogP contribution in [0.1, 0.15) is 58.2 Å². The third-order valence-corrected chi connectivity index (χ3v) is 3.15. The largest absolute Gasteiger partial charge is 0.309 e. The van der Waals surface area contributed by atoms with Crippen LogP contribution in [0.3, 0.4) is 0 Å². The second kappa shape index (κ2) is 7.49. The van der Waals surface area contributed by atoms with Crippen LogP contribution in [0.4, 0.5) is 0 Å². The van der Waals surface area contributed by atoms with Gasteiger partial charge in [-0.05, 0) is 31.4 Å². The normalized spacial score (nSPS) is 14.8. The fraction of sp³-hybridized carbons (Fsp3) is 0.786. The van der Waals surface area contributed by atoms with Gasteiger partial charge in [-0.25, -0.2) is 0 Å². The molecule has 0 amide bonds. The van der Waals surface area contributed by atoms with Gasteiger partial charge < -0.3 is 5.32 Å². The van der Waals surface area contributed by atoms with Gasteiger partial charge in [-0.15, -0.1) is 0 Å². The van der Waals surface area contributed by atoms with Crippen LogP contribution in [0, 0.1) is 5.92 Å². The van der Waals surface area contributed by atoms with Crippen molar-refractivity contribution in [3.05, 3.63) is 18.0 Å². The van der Waals surface area contributed by atoms with E-state index in [1.54, 1.807) is 0 Å². The van der Waals surface area contributed by atoms with E-state index in [9.17, 15) is 0 Å². The van der Waals surface area contributed by atoms with Crippen molar-refractivity contribution < 1.29 is 0 Å². The van der Waals surface area contributed by atoms with E-state index in [4.69, 9.17) is 0 Å². The van der Waals surface area contributed by atoms with Crippen molar-refractivity contribution in [1.82, 2.24) is 15.1 Å². The Balaban J connectivity index is 2.60. The molecule has 0 aromatic carbocycles. The minimum Gasteiger partial charge on any atom is -0.309 e. The van der Waals surface area contributed by atoms with Gasteiger partial charge in [-0.3, -0.25) is 4.68 Å². The fourth-order valence-corrected chi connectivity index (χ4v) is 2.26. The summed E-state index contributed by atoms with van der Waals surface area (Å²) in [5, 5.41) is 8.14. The van der Waals surface area contributed by atoms with Crippen LogP contribution < -0.4 is 5.32 Å². The second-order valence-corrected chi connectivity index (χ2v) is 5.05. The molecule has 2 atom stereocenters. The molecule has 0 aliphatic carbocycles. The predicted molar refractivity (Wildman–Crippen MR) is 72.9 cm³/mol. The van der Waals surface area contributed by atoms with Crippen LogP contribution in [0.15, 0.2) is 12.3 Å². The first kappa shape index (κ1) is 14.2. The molecule has 1 N–H and O–H groups in total. The Hall–Kier alpha value is -0.830. The van der Waals surface area contributed by atoms with Gasteiger partial charge in [0.15, 0.2) is 0 Å². The minimum absolute atomic E-state index is 0.415. The summed E-state index contributed by atoms with van der Waals surface area (Å²) in [5.41, 5.74) is 1.18. The van der Waals surface area contributed by atoms with E-state index < -0.39 is 0 Å². The van der Waals surface area contributed by atoms with Gasteiger partial charge in [0.2, 0.25) is 0 Å². The van der Waals surface area contributed by atoms with Crippen LogP contribution in [0.25, 0.3) is 0 Å². The van der Waals surface area contributed by atoms with E-state index in [2.05, 4.69) is 37.3 Å². The lowest BCUT2D eigenvalue weighted by Gasteiger charge is -2.20. The Labute approximate surface area is 106 Å². The highest BCUT2D eigenvalue weighted by Crippen LogP contribution is 2.22. The maximum absolute atomic E-state index is 4.53. The number of nitrogens with zero attached hydrogens (tertiary/aromatic N) is 2. The molecule has 1 rings (SSSR count). The summed E-state index contributed by atoms with van der Waals surface area (Å²) in [5.74, 6) is 0.761. The maximum Gasteiger partial charge on any atom is 0.0793 e. The lowest BCUT2D eigenvalue weighted by atomic mass is 9.95. The molecule has 17 heavy (non-hydrogen) atoms. The van der Waals surface area contributed by atoms with E-state index in [1.165, 1.54) is 31.4 Å². The molecule has 1 aromatic rings. The van der Waals surface area contributed by atoms with Crippen molar-refractivity contribution in [2.75, 3.05) is 6.54 Å². The third kappa shape index (κ3) is 4.90. The van der Waals surface area contributed by atoms with Crippen molar-refractivity contribution in [2.24, 2.45) is 13.0 Å². The quantitative estimate of drug-likeness (QED) is 0.752. The van der Waals surface area contributed by atoms with Crippen LogP contribution >= 0.6 is 0 Å². The van der Waals surface area contributed by atoms with E-state index in [-0.39, 0.29) is 0 Å². The van der Waals surface area contributed by atoms with Gasteiger partial charge in [0, 0.05) is 13.2 Å². The summed E-state index contributed by atoms with van der Waals surface area (Å²) < 4.78 is 1.89. The maximum atomic E-state index is 4.53. The zero-order valence-corrected chi connectivity index (χ0v) is 11.7. The predicted octanol–water partition coefficient (Wildman–Crippen LogP) is 3.29. The highest BCUT2D eigenvalue weighted by molar-refractivity contribution is 5.05. The number of aromatic nitrogens is 2. The Morgan fingerprint density at radius 2 is 2.12 bits per heavy atom. The van der Waals surface area contributed by atoms with Crippen molar-refractivity contribution in [1.29, 1.82) is 0 Å². The summed E-state index contributed by atoms with van der Waals surface area (Å²) in [6.45, 7) is 7.87. The van der Waals surface area contributed by atoms with Gasteiger partial charge >= 0.3 is 0 Å². The monoisotopic (exact) mass is 237 g/mol. The molecule has 0 aliphatic rings. The highest BCUT2D eigenvalue weighted by atomic mass is 15.3. The Morgan fingerprint density at radius 3 is 2.65 bits per heavy atom. The minimum atomic E-state index is 0.415. The van der Waals surface area contributed by atoms with Crippen LogP contribution in [-0.4, -0.2) is 16.3 Å². The second-order valence-electron chi connectivity index (χ2n) is 5.05. The lowest BCUT2D eigenvalue weighted by molar-refractivity contribution is 0.383. The van der Waals surface area contributed by atoms with Crippen molar-refractivity contribution in [3.63, 3.8) is 0 Å². The van der Waals surface area contributed by atoms with Crippen LogP contribution in [-0.2, 0) is 7.05 Å². The topological polar surface area (TPSA) is 29.9 Å². The Bertz CT molecular complexity index is 306. The number of nitrogens with one attached hydrogen (secondary N) is 1. The number of aryl methyl sites for hydroxylation is 1. The molecular weight excluding hydrogens is 210 g/mol. The average molecular weight is 237 g/mol. The first-order chi connectivity index (χ1) is 8.17. The summed E-state index contributed by atoms with van der Waals surface area (Å²) in [6, 6.07) is 2.55. The van der Waals surface area contributed by atoms with Gasteiger partial charge in [0.1, 0.15) is 0 Å². The SMILES string of the molecule is CCCNC(CC(C)CCC)c1ccn(C)n1. The van der Waals surface area contributed by atoms with Gasteiger partial charge in [0.05, 0.1) is 11.7 Å². The van der Waals surface area contributed by atoms with Gasteiger partial charge in [-0.1, -0.05) is 33.6 Å². The van der Waals surface area contributed by atoms with E-state index in [1.807, 2.05) is 17.9 Å². The number of hydrogen-bond donors (Lipinski definition) is 1. The Kier molecular flexibility index (Phi) is 6.27. The molecule has 0 saturated carbocycles. The molecular formula is C14H27N3. The van der Waals surface area contributed by atoms with Gasteiger partial charge in [-0.2, -0.15) is 5.10 Å². The smallest absolute Gasteiger partial charge is 0.0793 e. The molecule has 0 spiro atoms. The first-order valence-corrected chi connectivity index (χ1v) is 6.90. The van der Waals surface area contributed by atoms with E-state index in [0.29, 0.717) is 6.04 Å². The molecule has 1 aromatic heterocycles. The summed E-state index contributed by atoms with van der Waals surface area (Å²) in [7, 11) is 1.98. The molecule has 0 radical (unpaired) electrons. The number of hydrogen-bond acceptors (Lipinski definition) is 2. The lowest BCUT2D eigenvalue weighted by Crippen LogP contribution is -2.24. The average Bonchev–Trinajstić information content (AvgIpc) is 2.71. The first-order valence-electron chi connectivity index (χ1n) is 6.90. The van der Waals surface area contributed by atoms with E-state index >= 15 is 0 Å². The summed E-state index contributed by atoms with van der Waals surface area (Å²) in [4.78, 5) is 0. The summed E-state index contributed by atoms with van der Waals surface area (Å²) >= 11 is 0. The van der Waals surface area contributed by atoms with Crippen molar-refractivity contribution in [2.45, 2.75) is 52.5 Å².